The van der Waals surface area contributed by atoms with Crippen molar-refractivity contribution in [3.8, 4) is 11.5 Å². The molecule has 5 N–H and O–H groups in total. The second kappa shape index (κ2) is 30.8. The van der Waals surface area contributed by atoms with Crippen molar-refractivity contribution < 1.29 is 69.7 Å². The number of nitrogens with one attached hydrogen (secondary N) is 1. The van der Waals surface area contributed by atoms with Crippen LogP contribution in [-0.4, -0.2) is 115 Å². The first-order chi connectivity index (χ1) is 31.9. The summed E-state index contributed by atoms with van der Waals surface area (Å²) in [5.41, 5.74) is 5.99. The van der Waals surface area contributed by atoms with E-state index in [0.717, 1.165) is 53.9 Å². The van der Waals surface area contributed by atoms with E-state index >= 15 is 0 Å². The number of para-hydroxylation sites is 1. The summed E-state index contributed by atoms with van der Waals surface area (Å²) in [5, 5.41) is 18.9. The molecule has 0 heterocycles. The lowest BCUT2D eigenvalue weighted by Crippen LogP contribution is -2.35. The summed E-state index contributed by atoms with van der Waals surface area (Å²) in [7, 11) is -5.53. The van der Waals surface area contributed by atoms with E-state index in [0.29, 0.717) is 31.5 Å². The zero-order valence-electron chi connectivity index (χ0n) is 37.9. The van der Waals surface area contributed by atoms with Gasteiger partial charge in [-0.25, -0.2) is 13.1 Å². The van der Waals surface area contributed by atoms with Crippen LogP contribution in [0.1, 0.15) is 47.3 Å². The Morgan fingerprint density at radius 3 is 1.97 bits per heavy atom. The first-order valence-corrected chi connectivity index (χ1v) is 25.8. The largest absolute Gasteiger partial charge is 0.480 e. The number of sulfonamides is 1. The number of hydrogen-bond acceptors (Lipinski definition) is 12. The first-order valence-electron chi connectivity index (χ1n) is 19.8. The molecule has 18 nitrogen and oxygen atoms in total. The molecule has 2 atom stereocenters. The van der Waals surface area contributed by atoms with Crippen molar-refractivity contribution in [1.29, 1.82) is 0 Å². The number of halogens is 7. The average Bonchev–Trinajstić information content (AvgIpc) is 3.26. The lowest BCUT2D eigenvalue weighted by atomic mass is 10.0. The molecule has 0 aliphatic rings. The number of hydrogen-bond donors (Lipinski definition) is 4. The molecule has 69 heavy (non-hydrogen) atoms. The number of alkyl halides is 6. The number of rotatable bonds is 20. The van der Waals surface area contributed by atoms with Crippen molar-refractivity contribution in [1.82, 2.24) is 9.62 Å². The molecule has 0 radical (unpaired) electrons. The Bertz CT molecular complexity index is 2380. The predicted molar refractivity (Wildman–Crippen MR) is 261 cm³/mol. The van der Waals surface area contributed by atoms with Gasteiger partial charge in [-0.3, -0.25) is 38.8 Å². The van der Waals surface area contributed by atoms with Crippen LogP contribution in [0.4, 0.5) is 24.5 Å². The first kappa shape index (κ1) is 64.2. The number of methoxy groups -OCH3 is 1. The van der Waals surface area contributed by atoms with Crippen LogP contribution in [0.3, 0.4) is 0 Å². The molecule has 3 aromatic carbocycles. The van der Waals surface area contributed by atoms with Crippen molar-refractivity contribution in [2.75, 3.05) is 56.8 Å². The lowest BCUT2D eigenvalue weighted by Gasteiger charge is -2.26. The second-order valence-electron chi connectivity index (χ2n) is 14.0. The molecule has 0 aliphatic heterocycles. The maximum absolute atomic E-state index is 12.7. The molecule has 0 saturated carbocycles. The van der Waals surface area contributed by atoms with Gasteiger partial charge in [0.1, 0.15) is 35.7 Å². The third-order valence-corrected chi connectivity index (χ3v) is 11.0. The molecule has 3 aromatic rings. The van der Waals surface area contributed by atoms with E-state index in [4.69, 9.17) is 71.6 Å². The number of nitrogens with two attached hydrogens (primary N) is 1. The van der Waals surface area contributed by atoms with Gasteiger partial charge in [-0.1, -0.05) is 79.0 Å². The Hall–Kier alpha value is -4.77. The van der Waals surface area contributed by atoms with Crippen LogP contribution in [0.15, 0.2) is 79.9 Å². The van der Waals surface area contributed by atoms with E-state index in [2.05, 4.69) is 27.0 Å². The number of carbonyl (C=O) groups is 4. The fourth-order valence-corrected chi connectivity index (χ4v) is 7.10. The summed E-state index contributed by atoms with van der Waals surface area (Å²) in [4.78, 5) is 66.3. The Labute approximate surface area is 417 Å². The number of amides is 3. The van der Waals surface area contributed by atoms with Crippen molar-refractivity contribution in [3.63, 3.8) is 0 Å². The normalized spacial score (nSPS) is 12.2. The summed E-state index contributed by atoms with van der Waals surface area (Å²) in [6, 6.07) is 10.2. The zero-order chi connectivity index (χ0) is 53.4. The fraction of sp³-hybridized carbons (Fsp3) is 0.381. The molecule has 0 aromatic heterocycles. The minimum absolute atomic E-state index is 0.0371. The highest BCUT2D eigenvalue weighted by molar-refractivity contribution is 7.89. The summed E-state index contributed by atoms with van der Waals surface area (Å²) >= 11 is 22.2. The van der Waals surface area contributed by atoms with Crippen LogP contribution in [0.5, 0.6) is 11.5 Å². The molecule has 0 spiro atoms. The standard InChI is InChI=1S/C15H10ClF3N2O6S.C14H20ClNO2.C8H11Cl2NO.C5H12NO4P/c1-28(25,26)20-14(22)10-7-9(3-4-12(10)21(23)24)27-13-5-2-8(6-11(13)16)15(17,18)19;1-4-11-7-6-8-12(5-2)14(11)16(10-18-3)13(17)9-15;1-3-5-11(6-4-2)8(12)7(9)10;1-11(9,10)3-2-4(6)5(7)8/h2-7H,1H3,(H,20,22);6-8H,4-5,9-10H2,1-3H3;3-4,7H,1-2,5-6H2;4H,2-3,6H2,1H3,(H,7,8)(H,9,10). The van der Waals surface area contributed by atoms with Gasteiger partial charge in [-0.2, -0.15) is 13.2 Å². The minimum atomic E-state index is -4.62. The molecule has 2 unspecified atom stereocenters. The number of aryl methyl sites for hydroxylation is 2. The molecular weight excluding hydrogens is 1040 g/mol. The molecule has 0 saturated heterocycles. The molecule has 0 bridgehead atoms. The second-order valence-corrected chi connectivity index (χ2v) is 20.1. The van der Waals surface area contributed by atoms with Crippen LogP contribution >= 0.6 is 53.8 Å². The number of carbonyl (C=O) groups excluding carboxylic acids is 3. The molecule has 0 fully saturated rings. The molecule has 27 heteroatoms. The van der Waals surface area contributed by atoms with Crippen LogP contribution in [0.2, 0.25) is 5.02 Å². The average molecular weight is 1100 g/mol. The van der Waals surface area contributed by atoms with Crippen molar-refractivity contribution in [2.24, 2.45) is 5.73 Å². The SMILES string of the molecule is C=CCN(CC=C)C(=O)C(Cl)Cl.CCc1cccc(CC)c1N(COC)C(=O)CCl.CP(=O)(O)CCC(N)C(=O)O.CS(=O)(=O)NC(=O)c1cc(Oc2ccc(C(F)(F)F)cc2Cl)ccc1[N+](=O)[O-]. The highest BCUT2D eigenvalue weighted by Crippen LogP contribution is 2.38. The number of nitro groups is 1. The van der Waals surface area contributed by atoms with Gasteiger partial charge in [0.05, 0.1) is 27.5 Å². The van der Waals surface area contributed by atoms with Gasteiger partial charge >= 0.3 is 12.1 Å². The van der Waals surface area contributed by atoms with E-state index in [1.54, 1.807) is 28.9 Å². The number of carboxylic acids is 1. The number of aliphatic carboxylic acids is 1. The summed E-state index contributed by atoms with van der Waals surface area (Å²) in [6.07, 6.45) is 1.03. The van der Waals surface area contributed by atoms with E-state index in [1.165, 1.54) is 11.6 Å². The zero-order valence-corrected chi connectivity index (χ0v) is 42.6. The Morgan fingerprint density at radius 2 is 1.58 bits per heavy atom. The highest BCUT2D eigenvalue weighted by Gasteiger charge is 2.31. The van der Waals surface area contributed by atoms with E-state index < -0.39 is 73.1 Å². The summed E-state index contributed by atoms with van der Waals surface area (Å²) < 4.78 is 83.0. The van der Waals surface area contributed by atoms with Crippen LogP contribution in [-0.2, 0) is 52.7 Å². The van der Waals surface area contributed by atoms with Gasteiger partial charge < -0.3 is 30.1 Å². The smallest absolute Gasteiger partial charge is 0.416 e. The molecule has 384 valence electrons. The molecule has 0 aliphatic carbocycles. The van der Waals surface area contributed by atoms with Crippen LogP contribution < -0.4 is 20.1 Å². The van der Waals surface area contributed by atoms with Crippen molar-refractivity contribution in [3.05, 3.63) is 117 Å². The number of ether oxygens (including phenoxy) is 2. The van der Waals surface area contributed by atoms with Gasteiger partial charge in [-0.15, -0.1) is 24.8 Å². The Kier molecular flexibility index (Phi) is 28.6. The topological polar surface area (TPSA) is 266 Å². The van der Waals surface area contributed by atoms with Gasteiger partial charge in [-0.05, 0) is 54.7 Å². The van der Waals surface area contributed by atoms with Gasteiger partial charge in [0.25, 0.3) is 17.5 Å². The number of benzene rings is 3. The van der Waals surface area contributed by atoms with Gasteiger partial charge in [0, 0.05) is 45.2 Å². The van der Waals surface area contributed by atoms with Crippen LogP contribution in [0.25, 0.3) is 0 Å². The monoisotopic (exact) mass is 1100 g/mol. The number of carboxylic acid groups (broad SMARTS) is 1. The van der Waals surface area contributed by atoms with Crippen molar-refractivity contribution >= 4 is 98.9 Å². The minimum Gasteiger partial charge on any atom is -0.480 e. The van der Waals surface area contributed by atoms with Crippen molar-refractivity contribution in [2.45, 2.75) is 50.2 Å². The quantitative estimate of drug-likeness (QED) is 0.0207. The number of anilines is 1. The predicted octanol–water partition coefficient (Wildman–Crippen LogP) is 8.42. The number of nitrogens with zero attached hydrogens (tertiary/aromatic N) is 3. The van der Waals surface area contributed by atoms with Gasteiger partial charge in [0.2, 0.25) is 15.9 Å². The molecule has 3 amide bonds. The Morgan fingerprint density at radius 1 is 1.03 bits per heavy atom. The van der Waals surface area contributed by atoms with Gasteiger partial charge in [0.15, 0.2) is 12.2 Å². The summed E-state index contributed by atoms with van der Waals surface area (Å²) in [6.45, 7) is 13.5. The van der Waals surface area contributed by atoms with E-state index in [1.807, 2.05) is 18.2 Å². The van der Waals surface area contributed by atoms with E-state index in [9.17, 15) is 55.4 Å². The molecule has 3 rings (SSSR count). The maximum atomic E-state index is 12.7. The lowest BCUT2D eigenvalue weighted by molar-refractivity contribution is -0.385. The summed E-state index contributed by atoms with van der Waals surface area (Å²) in [5.74, 6) is -3.31. The maximum Gasteiger partial charge on any atom is 0.416 e. The molecular formula is C42H53Cl4F3N5O13PS. The highest BCUT2D eigenvalue weighted by atomic mass is 35.5. The fourth-order valence-electron chi connectivity index (χ4n) is 5.26. The van der Waals surface area contributed by atoms with E-state index in [-0.39, 0.29) is 48.5 Å². The third-order valence-electron chi connectivity index (χ3n) is 8.45. The Balaban J connectivity index is 0.000000969. The number of nitro benzene ring substituents is 1. The third kappa shape index (κ3) is 24.1. The van der Waals surface area contributed by atoms with Crippen LogP contribution in [0, 0.1) is 10.1 Å².